The highest BCUT2D eigenvalue weighted by Gasteiger charge is 2.25. The van der Waals surface area contributed by atoms with Gasteiger partial charge in [-0.05, 0) is 31.4 Å². The molecule has 0 amide bonds. The van der Waals surface area contributed by atoms with Crippen LogP contribution in [0.4, 0.5) is 0 Å². The van der Waals surface area contributed by atoms with Gasteiger partial charge in [0, 0.05) is 0 Å². The van der Waals surface area contributed by atoms with Gasteiger partial charge < -0.3 is 15.3 Å². The average molecular weight is 212 g/mol. The van der Waals surface area contributed by atoms with Crippen LogP contribution >= 0.6 is 0 Å². The van der Waals surface area contributed by atoms with Crippen molar-refractivity contribution in [2.24, 2.45) is 0 Å². The fraction of sp³-hybridized carbons (Fsp3) is 0.750. The third kappa shape index (κ3) is 3.80. The minimum absolute atomic E-state index is 0.300. The molecule has 3 heteroatoms. The molecule has 0 saturated heterocycles. The Balaban J connectivity index is 2.69. The van der Waals surface area contributed by atoms with E-state index in [1.807, 2.05) is 0 Å². The van der Waals surface area contributed by atoms with Crippen LogP contribution in [0.1, 0.15) is 39.0 Å². The molecule has 0 aromatic rings. The van der Waals surface area contributed by atoms with Crippen molar-refractivity contribution in [3.05, 3.63) is 17.4 Å². The van der Waals surface area contributed by atoms with Gasteiger partial charge in [-0.15, -0.1) is 5.73 Å². The molecule has 0 bridgehead atoms. The summed E-state index contributed by atoms with van der Waals surface area (Å²) >= 11 is 0. The number of aliphatic hydroxyl groups excluding tert-OH is 2. The number of aliphatic hydroxyl groups is 3. The highest BCUT2D eigenvalue weighted by atomic mass is 16.3. The molecule has 1 saturated carbocycles. The summed E-state index contributed by atoms with van der Waals surface area (Å²) in [5.41, 5.74) is 2.69. The molecular formula is C12H20O3. The molecule has 1 aliphatic carbocycles. The van der Waals surface area contributed by atoms with Gasteiger partial charge in [0.2, 0.25) is 0 Å². The second-order valence-corrected chi connectivity index (χ2v) is 4.33. The molecule has 0 heterocycles. The van der Waals surface area contributed by atoms with Gasteiger partial charge in [0.05, 0.1) is 12.2 Å². The summed E-state index contributed by atoms with van der Waals surface area (Å²) in [7, 11) is 0. The van der Waals surface area contributed by atoms with E-state index in [2.05, 4.69) is 5.73 Å². The zero-order valence-corrected chi connectivity index (χ0v) is 9.24. The summed E-state index contributed by atoms with van der Waals surface area (Å²) in [5.74, 6) is 0. The smallest absolute Gasteiger partial charge is 0.105 e. The van der Waals surface area contributed by atoms with Gasteiger partial charge in [0.1, 0.15) is 6.10 Å². The normalized spacial score (nSPS) is 21.6. The SMILES string of the molecule is CC(=C=CC1(O)CCCCC1)[C@@H](O)CO. The van der Waals surface area contributed by atoms with Crippen LogP contribution in [-0.2, 0) is 0 Å². The van der Waals surface area contributed by atoms with Crippen molar-refractivity contribution >= 4 is 0 Å². The lowest BCUT2D eigenvalue weighted by atomic mass is 9.85. The van der Waals surface area contributed by atoms with Crippen LogP contribution in [0, 0.1) is 0 Å². The first-order valence-corrected chi connectivity index (χ1v) is 5.53. The number of hydrogen-bond donors (Lipinski definition) is 3. The average Bonchev–Trinajstić information content (AvgIpc) is 2.26. The molecule has 15 heavy (non-hydrogen) atoms. The van der Waals surface area contributed by atoms with Crippen LogP contribution in [0.5, 0.6) is 0 Å². The Morgan fingerprint density at radius 2 is 2.00 bits per heavy atom. The topological polar surface area (TPSA) is 60.7 Å². The van der Waals surface area contributed by atoms with Crippen molar-refractivity contribution in [2.45, 2.75) is 50.7 Å². The molecule has 0 unspecified atom stereocenters. The summed E-state index contributed by atoms with van der Waals surface area (Å²) in [6.07, 6.45) is 5.56. The summed E-state index contributed by atoms with van der Waals surface area (Å²) < 4.78 is 0. The predicted molar refractivity (Wildman–Crippen MR) is 58.4 cm³/mol. The van der Waals surface area contributed by atoms with Crippen molar-refractivity contribution in [3.8, 4) is 0 Å². The van der Waals surface area contributed by atoms with E-state index in [1.165, 1.54) is 6.42 Å². The zero-order chi connectivity index (χ0) is 11.3. The van der Waals surface area contributed by atoms with Gasteiger partial charge in [0.15, 0.2) is 0 Å². The minimum atomic E-state index is -0.867. The van der Waals surface area contributed by atoms with Crippen LogP contribution in [0.2, 0.25) is 0 Å². The van der Waals surface area contributed by atoms with E-state index < -0.39 is 11.7 Å². The van der Waals surface area contributed by atoms with Crippen LogP contribution in [0.15, 0.2) is 17.4 Å². The van der Waals surface area contributed by atoms with E-state index in [4.69, 9.17) is 5.11 Å². The van der Waals surface area contributed by atoms with Gasteiger partial charge in [0.25, 0.3) is 0 Å². The Bertz CT molecular complexity index is 258. The Morgan fingerprint density at radius 1 is 1.40 bits per heavy atom. The quantitative estimate of drug-likeness (QED) is 0.615. The number of hydrogen-bond acceptors (Lipinski definition) is 3. The second kappa shape index (κ2) is 5.47. The molecule has 1 atom stereocenters. The van der Waals surface area contributed by atoms with E-state index >= 15 is 0 Å². The van der Waals surface area contributed by atoms with Gasteiger partial charge in [-0.3, -0.25) is 0 Å². The monoisotopic (exact) mass is 212 g/mol. The van der Waals surface area contributed by atoms with E-state index in [0.717, 1.165) is 25.7 Å². The van der Waals surface area contributed by atoms with Gasteiger partial charge in [-0.25, -0.2) is 0 Å². The highest BCUT2D eigenvalue weighted by Crippen LogP contribution is 2.28. The maximum atomic E-state index is 10.1. The fourth-order valence-electron chi connectivity index (χ4n) is 1.79. The van der Waals surface area contributed by atoms with E-state index in [-0.39, 0.29) is 6.61 Å². The van der Waals surface area contributed by atoms with E-state index in [1.54, 1.807) is 13.0 Å². The molecule has 3 N–H and O–H groups in total. The largest absolute Gasteiger partial charge is 0.393 e. The summed E-state index contributed by atoms with van der Waals surface area (Å²) in [6.45, 7) is 1.40. The number of rotatable bonds is 3. The first-order valence-electron chi connectivity index (χ1n) is 5.53. The Labute approximate surface area is 90.8 Å². The fourth-order valence-corrected chi connectivity index (χ4v) is 1.79. The molecule has 0 spiro atoms. The maximum absolute atomic E-state index is 10.1. The molecule has 1 aliphatic rings. The third-order valence-electron chi connectivity index (χ3n) is 2.96. The zero-order valence-electron chi connectivity index (χ0n) is 9.24. The Morgan fingerprint density at radius 3 is 2.53 bits per heavy atom. The van der Waals surface area contributed by atoms with E-state index in [9.17, 15) is 10.2 Å². The maximum Gasteiger partial charge on any atom is 0.105 e. The second-order valence-electron chi connectivity index (χ2n) is 4.33. The van der Waals surface area contributed by atoms with Crippen molar-refractivity contribution in [3.63, 3.8) is 0 Å². The van der Waals surface area contributed by atoms with Gasteiger partial charge in [-0.1, -0.05) is 19.3 Å². The molecule has 3 nitrogen and oxygen atoms in total. The molecule has 0 aliphatic heterocycles. The molecular weight excluding hydrogens is 192 g/mol. The first-order chi connectivity index (χ1) is 7.07. The van der Waals surface area contributed by atoms with E-state index in [0.29, 0.717) is 5.57 Å². The van der Waals surface area contributed by atoms with Crippen LogP contribution in [0.25, 0.3) is 0 Å². The van der Waals surface area contributed by atoms with Crippen molar-refractivity contribution in [1.82, 2.24) is 0 Å². The van der Waals surface area contributed by atoms with Crippen LogP contribution < -0.4 is 0 Å². The lowest BCUT2D eigenvalue weighted by Gasteiger charge is -2.28. The molecule has 0 radical (unpaired) electrons. The highest BCUT2D eigenvalue weighted by molar-refractivity contribution is 5.10. The van der Waals surface area contributed by atoms with Gasteiger partial charge >= 0.3 is 0 Å². The third-order valence-corrected chi connectivity index (χ3v) is 2.96. The minimum Gasteiger partial charge on any atom is -0.393 e. The van der Waals surface area contributed by atoms with Gasteiger partial charge in [-0.2, -0.15) is 0 Å². The van der Waals surface area contributed by atoms with Crippen molar-refractivity contribution < 1.29 is 15.3 Å². The summed E-state index contributed by atoms with van der Waals surface area (Å²) in [5, 5.41) is 28.1. The molecule has 1 rings (SSSR count). The Kier molecular flexibility index (Phi) is 4.55. The lowest BCUT2D eigenvalue weighted by molar-refractivity contribution is 0.0513. The molecule has 1 fully saturated rings. The van der Waals surface area contributed by atoms with Crippen LogP contribution in [0.3, 0.4) is 0 Å². The molecule has 86 valence electrons. The Hall–Kier alpha value is -0.600. The standard InChI is InChI=1S/C12H20O3/c1-10(11(14)9-13)5-8-12(15)6-3-2-4-7-12/h8,11,13-15H,2-4,6-7,9H2,1H3/t5?,11-/m0/s1. The summed E-state index contributed by atoms with van der Waals surface area (Å²) in [6, 6.07) is 0. The predicted octanol–water partition coefficient (Wildman–Crippen LogP) is 1.14. The summed E-state index contributed by atoms with van der Waals surface area (Å²) in [4.78, 5) is 0. The first kappa shape index (κ1) is 12.5. The van der Waals surface area contributed by atoms with Crippen LogP contribution in [-0.4, -0.2) is 33.6 Å². The van der Waals surface area contributed by atoms with Crippen molar-refractivity contribution in [1.29, 1.82) is 0 Å². The lowest BCUT2D eigenvalue weighted by Crippen LogP contribution is -2.28. The van der Waals surface area contributed by atoms with Crippen molar-refractivity contribution in [2.75, 3.05) is 6.61 Å². The molecule has 0 aromatic heterocycles. The molecule has 0 aromatic carbocycles.